The van der Waals surface area contributed by atoms with Crippen molar-refractivity contribution < 1.29 is 13.9 Å². The van der Waals surface area contributed by atoms with E-state index in [-0.39, 0.29) is 11.9 Å². The molecule has 3 aromatic carbocycles. The Morgan fingerprint density at radius 1 is 0.897 bits per heavy atom. The molecule has 3 aromatic rings. The molecule has 0 radical (unpaired) electrons. The lowest BCUT2D eigenvalue weighted by molar-refractivity contribution is 0.0965. The number of Topliss-reactive ketones (excluding diaryl/α,β-unsaturated/α-hetero) is 1. The molecule has 29 heavy (non-hydrogen) atoms. The number of halogens is 2. The Bertz CT molecular complexity index is 1000. The largest absolute Gasteiger partial charge is 0.326 e. The van der Waals surface area contributed by atoms with Crippen molar-refractivity contribution in [3.63, 3.8) is 0 Å². The highest BCUT2D eigenvalue weighted by Crippen LogP contribution is 2.49. The summed E-state index contributed by atoms with van der Waals surface area (Å²) in [5, 5.41) is 0.632. The van der Waals surface area contributed by atoms with Gasteiger partial charge in [-0.2, -0.15) is 0 Å². The molecule has 2 atom stereocenters. The molecule has 0 saturated heterocycles. The van der Waals surface area contributed by atoms with E-state index in [4.69, 9.17) is 4.52 Å². The molecule has 0 aromatic heterocycles. The molecule has 3 nitrogen and oxygen atoms in total. The molecule has 0 aliphatic heterocycles. The summed E-state index contributed by atoms with van der Waals surface area (Å²) in [6.45, 7) is 2.13. The highest BCUT2D eigenvalue weighted by molar-refractivity contribution is 9.10. The number of hydrogen-bond acceptors (Lipinski definition) is 3. The van der Waals surface area contributed by atoms with Crippen LogP contribution in [0.15, 0.2) is 87.8 Å². The van der Waals surface area contributed by atoms with Gasteiger partial charge in [0.05, 0.1) is 12.5 Å². The molecule has 0 bridgehead atoms. The fourth-order valence-electron chi connectivity index (χ4n) is 3.19. The van der Waals surface area contributed by atoms with E-state index in [0.717, 1.165) is 14.5 Å². The predicted octanol–water partition coefficient (Wildman–Crippen LogP) is 6.82. The first kappa shape index (κ1) is 22.2. The molecule has 0 N–H and O–H groups in total. The van der Waals surface area contributed by atoms with Gasteiger partial charge in [-0.1, -0.05) is 74.3 Å². The topological polar surface area (TPSA) is 43.4 Å². The summed E-state index contributed by atoms with van der Waals surface area (Å²) in [6.07, 6.45) is 0.112. The Morgan fingerprint density at radius 2 is 1.45 bits per heavy atom. The molecule has 150 valence electrons. The van der Waals surface area contributed by atoms with Crippen LogP contribution in [0.3, 0.4) is 0 Å². The van der Waals surface area contributed by atoms with Crippen molar-refractivity contribution in [2.24, 2.45) is 0 Å². The summed E-state index contributed by atoms with van der Waals surface area (Å²) in [4.78, 5) is 13.5. The third kappa shape index (κ3) is 5.55. The maximum absolute atomic E-state index is 13.9. The van der Waals surface area contributed by atoms with Gasteiger partial charge in [0.25, 0.3) is 0 Å². The van der Waals surface area contributed by atoms with Gasteiger partial charge in [-0.3, -0.25) is 9.36 Å². The second kappa shape index (κ2) is 9.99. The summed E-state index contributed by atoms with van der Waals surface area (Å²) in [5.41, 5.74) is 1.40. The summed E-state index contributed by atoms with van der Waals surface area (Å²) >= 11 is 6.84. The minimum absolute atomic E-state index is 0.0734. The molecule has 0 aliphatic carbocycles. The van der Waals surface area contributed by atoms with Gasteiger partial charge in [-0.05, 0) is 48.9 Å². The standard InChI is InChI=1S/C23H21Br2O3P/c1-2-28-29(27,21-6-4-3-5-7-21)16-22(17-8-12-19(24)13-9-17)23(26)18-10-14-20(25)15-11-18/h3-15,22H,2,16H2,1H3. The Balaban J connectivity index is 2.04. The summed E-state index contributed by atoms with van der Waals surface area (Å²) in [7, 11) is -3.23. The van der Waals surface area contributed by atoms with Gasteiger partial charge < -0.3 is 4.52 Å². The van der Waals surface area contributed by atoms with E-state index < -0.39 is 13.3 Å². The molecular formula is C23H21Br2O3P. The minimum Gasteiger partial charge on any atom is -0.326 e. The van der Waals surface area contributed by atoms with E-state index in [0.29, 0.717) is 17.5 Å². The second-order valence-electron chi connectivity index (χ2n) is 6.58. The van der Waals surface area contributed by atoms with Crippen LogP contribution >= 0.6 is 39.2 Å². The van der Waals surface area contributed by atoms with Gasteiger partial charge in [0.2, 0.25) is 7.37 Å². The van der Waals surface area contributed by atoms with Crippen LogP contribution in [0.2, 0.25) is 0 Å². The molecule has 0 heterocycles. The monoisotopic (exact) mass is 534 g/mol. The molecule has 0 amide bonds. The fraction of sp³-hybridized carbons (Fsp3) is 0.174. The fourth-order valence-corrected chi connectivity index (χ4v) is 6.08. The molecule has 3 rings (SSSR count). The number of ketones is 1. The van der Waals surface area contributed by atoms with E-state index in [2.05, 4.69) is 31.9 Å². The molecular weight excluding hydrogens is 515 g/mol. The van der Waals surface area contributed by atoms with Crippen molar-refractivity contribution in [1.82, 2.24) is 0 Å². The predicted molar refractivity (Wildman–Crippen MR) is 126 cm³/mol. The minimum atomic E-state index is -3.23. The van der Waals surface area contributed by atoms with E-state index in [1.54, 1.807) is 24.3 Å². The van der Waals surface area contributed by atoms with Gasteiger partial charge in [-0.25, -0.2) is 0 Å². The first-order valence-corrected chi connectivity index (χ1v) is 12.7. The zero-order chi connectivity index (χ0) is 20.9. The van der Waals surface area contributed by atoms with Crippen LogP contribution in [0, 0.1) is 0 Å². The van der Waals surface area contributed by atoms with Crippen molar-refractivity contribution in [2.45, 2.75) is 12.8 Å². The summed E-state index contributed by atoms with van der Waals surface area (Å²) in [5.74, 6) is -0.655. The zero-order valence-corrected chi connectivity index (χ0v) is 20.0. The molecule has 0 fully saturated rings. The van der Waals surface area contributed by atoms with E-state index in [9.17, 15) is 9.36 Å². The van der Waals surface area contributed by atoms with Crippen LogP contribution in [-0.2, 0) is 9.09 Å². The first-order chi connectivity index (χ1) is 13.9. The quantitative estimate of drug-likeness (QED) is 0.235. The third-order valence-corrected chi connectivity index (χ3v) is 8.29. The van der Waals surface area contributed by atoms with E-state index >= 15 is 0 Å². The van der Waals surface area contributed by atoms with Gasteiger partial charge in [0.15, 0.2) is 5.78 Å². The van der Waals surface area contributed by atoms with Crippen molar-refractivity contribution in [1.29, 1.82) is 0 Å². The lowest BCUT2D eigenvalue weighted by Gasteiger charge is -2.24. The van der Waals surface area contributed by atoms with Gasteiger partial charge in [-0.15, -0.1) is 0 Å². The average Bonchev–Trinajstić information content (AvgIpc) is 2.74. The van der Waals surface area contributed by atoms with Gasteiger partial charge in [0, 0.05) is 26.0 Å². The van der Waals surface area contributed by atoms with E-state index in [1.165, 1.54) is 0 Å². The molecule has 0 saturated carbocycles. The second-order valence-corrected chi connectivity index (χ2v) is 10.9. The normalized spacial score (nSPS) is 14.2. The maximum Gasteiger partial charge on any atom is 0.233 e. The molecule has 0 spiro atoms. The van der Waals surface area contributed by atoms with Crippen LogP contribution in [0.5, 0.6) is 0 Å². The SMILES string of the molecule is CCOP(=O)(CC(C(=O)c1ccc(Br)cc1)c1ccc(Br)cc1)c1ccccc1. The average molecular weight is 536 g/mol. The van der Waals surface area contributed by atoms with Crippen LogP contribution < -0.4 is 5.30 Å². The lowest BCUT2D eigenvalue weighted by atomic mass is 9.92. The van der Waals surface area contributed by atoms with Crippen LogP contribution in [0.25, 0.3) is 0 Å². The number of rotatable bonds is 8. The van der Waals surface area contributed by atoms with Gasteiger partial charge in [0.1, 0.15) is 0 Å². The third-order valence-electron chi connectivity index (χ3n) is 4.63. The van der Waals surface area contributed by atoms with Crippen LogP contribution in [-0.4, -0.2) is 18.6 Å². The number of benzene rings is 3. The Morgan fingerprint density at radius 3 is 2.00 bits per heavy atom. The molecule has 6 heteroatoms. The number of carbonyl (C=O) groups excluding carboxylic acids is 1. The van der Waals surface area contributed by atoms with Crippen molar-refractivity contribution in [3.05, 3.63) is 98.9 Å². The highest BCUT2D eigenvalue weighted by Gasteiger charge is 2.34. The summed E-state index contributed by atoms with van der Waals surface area (Å²) < 4.78 is 21.5. The van der Waals surface area contributed by atoms with Crippen LogP contribution in [0.4, 0.5) is 0 Å². The van der Waals surface area contributed by atoms with Crippen molar-refractivity contribution in [3.8, 4) is 0 Å². The first-order valence-electron chi connectivity index (χ1n) is 9.27. The van der Waals surface area contributed by atoms with Gasteiger partial charge >= 0.3 is 0 Å². The zero-order valence-electron chi connectivity index (χ0n) is 15.9. The maximum atomic E-state index is 13.9. The highest BCUT2D eigenvalue weighted by atomic mass is 79.9. The van der Waals surface area contributed by atoms with Crippen molar-refractivity contribution >= 4 is 50.3 Å². The Labute approximate surface area is 188 Å². The molecule has 2 unspecified atom stereocenters. The lowest BCUT2D eigenvalue weighted by Crippen LogP contribution is -2.21. The Hall–Kier alpha value is -1.52. The van der Waals surface area contributed by atoms with Crippen molar-refractivity contribution in [2.75, 3.05) is 12.8 Å². The number of hydrogen-bond donors (Lipinski definition) is 0. The Kier molecular flexibility index (Phi) is 7.64. The smallest absolute Gasteiger partial charge is 0.233 e. The van der Waals surface area contributed by atoms with Crippen LogP contribution in [0.1, 0.15) is 28.8 Å². The molecule has 0 aliphatic rings. The summed E-state index contributed by atoms with van der Waals surface area (Å²) in [6, 6.07) is 24.0. The van der Waals surface area contributed by atoms with E-state index in [1.807, 2.05) is 61.5 Å². The number of carbonyl (C=O) groups is 1.